The third kappa shape index (κ3) is 6.14. The largest absolute Gasteiger partial charge is 0.431 e. The summed E-state index contributed by atoms with van der Waals surface area (Å²) in [7, 11) is 1.61. The topological polar surface area (TPSA) is 77.5 Å². The number of hydrogen-bond acceptors (Lipinski definition) is 6. The number of halogens is 3. The number of alkyl halides is 3. The summed E-state index contributed by atoms with van der Waals surface area (Å²) in [6.45, 7) is 8.72. The standard InChI is InChI=1S/C22H33F3N6O/c1-6-7-9-27-17(4)16(3)20(26)21(32)31-12-11-30(10-8-15(31)2)19-13-28-18(14-29(19)5)22(23,24)25/h7,9,13,15H,6,8,10-12,14,26H2,1-5H3/b9-7-,20-16-,27-17-. The van der Waals surface area contributed by atoms with E-state index in [-0.39, 0.29) is 24.2 Å². The highest BCUT2D eigenvalue weighted by atomic mass is 19.4. The first kappa shape index (κ1) is 25.5. The monoisotopic (exact) mass is 454 g/mol. The van der Waals surface area contributed by atoms with Crippen LogP contribution in [-0.4, -0.2) is 77.5 Å². The Morgan fingerprint density at radius 2 is 2.00 bits per heavy atom. The van der Waals surface area contributed by atoms with Gasteiger partial charge in [0.1, 0.15) is 17.2 Å². The first-order chi connectivity index (χ1) is 15.0. The molecule has 2 aliphatic heterocycles. The molecule has 1 amide bonds. The Morgan fingerprint density at radius 3 is 2.59 bits per heavy atom. The van der Waals surface area contributed by atoms with E-state index in [0.717, 1.165) is 6.42 Å². The molecule has 1 unspecified atom stereocenters. The number of rotatable bonds is 5. The summed E-state index contributed by atoms with van der Waals surface area (Å²) in [6.07, 6.45) is 1.96. The Labute approximate surface area is 187 Å². The van der Waals surface area contributed by atoms with Crippen molar-refractivity contribution in [3.63, 3.8) is 0 Å². The Bertz CT molecular complexity index is 856. The smallest absolute Gasteiger partial charge is 0.394 e. The van der Waals surface area contributed by atoms with Crippen LogP contribution in [0, 0.1) is 0 Å². The highest BCUT2D eigenvalue weighted by Gasteiger charge is 2.38. The maximum Gasteiger partial charge on any atom is 0.431 e. The fourth-order valence-corrected chi connectivity index (χ4v) is 3.53. The lowest BCUT2D eigenvalue weighted by molar-refractivity contribution is -0.129. The van der Waals surface area contributed by atoms with Gasteiger partial charge < -0.3 is 20.4 Å². The average molecular weight is 455 g/mol. The number of aliphatic imine (C=N–C) groups is 2. The van der Waals surface area contributed by atoms with E-state index >= 15 is 0 Å². The van der Waals surface area contributed by atoms with Gasteiger partial charge in [-0.15, -0.1) is 0 Å². The van der Waals surface area contributed by atoms with Crippen molar-refractivity contribution in [2.45, 2.75) is 52.8 Å². The number of carbonyl (C=O) groups is 1. The Kier molecular flexibility index (Phi) is 8.51. The van der Waals surface area contributed by atoms with Gasteiger partial charge in [-0.05, 0) is 39.2 Å². The predicted molar refractivity (Wildman–Crippen MR) is 121 cm³/mol. The molecule has 2 heterocycles. The SMILES string of the molecule is CC\C=C/N=C(C)\C(C)=C(/N)C(=O)N1CCN(C2=CN=C(C(F)(F)F)CN2C)CCC1C. The van der Waals surface area contributed by atoms with Crippen LogP contribution in [0.2, 0.25) is 0 Å². The van der Waals surface area contributed by atoms with Crippen molar-refractivity contribution < 1.29 is 18.0 Å². The van der Waals surface area contributed by atoms with E-state index < -0.39 is 11.9 Å². The summed E-state index contributed by atoms with van der Waals surface area (Å²) in [5.74, 6) is 0.360. The maximum absolute atomic E-state index is 13.1. The number of nitrogens with two attached hydrogens (primary N) is 1. The molecular weight excluding hydrogens is 421 g/mol. The normalized spacial score (nSPS) is 21.9. The number of hydrogen-bond donors (Lipinski definition) is 1. The van der Waals surface area contributed by atoms with Gasteiger partial charge in [0.05, 0.1) is 12.7 Å². The van der Waals surface area contributed by atoms with Gasteiger partial charge in [-0.25, -0.2) is 0 Å². The lowest BCUT2D eigenvalue weighted by Crippen LogP contribution is -2.44. The molecule has 178 valence electrons. The van der Waals surface area contributed by atoms with Crippen LogP contribution in [-0.2, 0) is 4.79 Å². The Hall–Kier alpha value is -2.78. The van der Waals surface area contributed by atoms with Crippen LogP contribution < -0.4 is 5.73 Å². The van der Waals surface area contributed by atoms with Crippen molar-refractivity contribution in [2.24, 2.45) is 15.7 Å². The molecule has 0 aromatic carbocycles. The van der Waals surface area contributed by atoms with Crippen LogP contribution in [0.3, 0.4) is 0 Å². The second-order valence-corrected chi connectivity index (χ2v) is 8.09. The molecule has 1 saturated heterocycles. The van der Waals surface area contributed by atoms with Gasteiger partial charge in [0.15, 0.2) is 0 Å². The van der Waals surface area contributed by atoms with Crippen LogP contribution >= 0.6 is 0 Å². The Morgan fingerprint density at radius 1 is 1.31 bits per heavy atom. The lowest BCUT2D eigenvalue weighted by Gasteiger charge is -2.35. The quantitative estimate of drug-likeness (QED) is 0.511. The highest BCUT2D eigenvalue weighted by molar-refractivity contribution is 6.06. The molecule has 10 heteroatoms. The van der Waals surface area contributed by atoms with E-state index in [1.165, 1.54) is 6.20 Å². The molecule has 2 aliphatic rings. The molecule has 1 atom stereocenters. The van der Waals surface area contributed by atoms with Gasteiger partial charge in [0, 0.05) is 44.6 Å². The van der Waals surface area contributed by atoms with Crippen LogP contribution in [0.15, 0.2) is 45.6 Å². The maximum atomic E-state index is 13.1. The third-order valence-corrected chi connectivity index (χ3v) is 5.77. The molecule has 7 nitrogen and oxygen atoms in total. The number of amides is 1. The molecule has 32 heavy (non-hydrogen) atoms. The zero-order valence-corrected chi connectivity index (χ0v) is 19.4. The van der Waals surface area contributed by atoms with Crippen molar-refractivity contribution in [2.75, 3.05) is 33.2 Å². The summed E-state index contributed by atoms with van der Waals surface area (Å²) >= 11 is 0. The van der Waals surface area contributed by atoms with Crippen LogP contribution in [0.5, 0.6) is 0 Å². The van der Waals surface area contributed by atoms with Gasteiger partial charge in [0.25, 0.3) is 5.91 Å². The minimum atomic E-state index is -4.44. The third-order valence-electron chi connectivity index (χ3n) is 5.77. The molecule has 2 rings (SSSR count). The average Bonchev–Trinajstić information content (AvgIpc) is 2.93. The summed E-state index contributed by atoms with van der Waals surface area (Å²) in [4.78, 5) is 26.3. The number of allylic oxidation sites excluding steroid dienone is 2. The zero-order chi connectivity index (χ0) is 24.1. The fraction of sp³-hybridized carbons (Fsp3) is 0.591. The lowest BCUT2D eigenvalue weighted by atomic mass is 10.1. The van der Waals surface area contributed by atoms with Crippen molar-refractivity contribution in [3.05, 3.63) is 35.6 Å². The van der Waals surface area contributed by atoms with Gasteiger partial charge in [-0.3, -0.25) is 14.8 Å². The van der Waals surface area contributed by atoms with Crippen molar-refractivity contribution in [3.8, 4) is 0 Å². The molecule has 0 saturated carbocycles. The molecule has 0 spiro atoms. The molecule has 1 fully saturated rings. The molecule has 0 bridgehead atoms. The second kappa shape index (κ2) is 10.7. The summed E-state index contributed by atoms with van der Waals surface area (Å²) in [5.41, 5.74) is 6.84. The second-order valence-electron chi connectivity index (χ2n) is 8.09. The van der Waals surface area contributed by atoms with Gasteiger partial charge >= 0.3 is 6.18 Å². The van der Waals surface area contributed by atoms with Gasteiger partial charge in [-0.2, -0.15) is 13.2 Å². The first-order valence-corrected chi connectivity index (χ1v) is 10.7. The van der Waals surface area contributed by atoms with E-state index in [0.29, 0.717) is 43.2 Å². The van der Waals surface area contributed by atoms with E-state index in [9.17, 15) is 18.0 Å². The molecule has 2 N–H and O–H groups in total. The van der Waals surface area contributed by atoms with E-state index in [2.05, 4.69) is 9.98 Å². The van der Waals surface area contributed by atoms with E-state index in [1.54, 1.807) is 30.0 Å². The predicted octanol–water partition coefficient (Wildman–Crippen LogP) is 3.27. The van der Waals surface area contributed by atoms with Crippen molar-refractivity contribution >= 4 is 17.3 Å². The van der Waals surface area contributed by atoms with E-state index in [1.807, 2.05) is 31.7 Å². The molecule has 0 aromatic rings. The summed E-state index contributed by atoms with van der Waals surface area (Å²) in [6, 6.07) is -0.0696. The molecular formula is C22H33F3N6O. The van der Waals surface area contributed by atoms with Gasteiger partial charge in [-0.1, -0.05) is 13.0 Å². The summed E-state index contributed by atoms with van der Waals surface area (Å²) < 4.78 is 38.9. The Balaban J connectivity index is 2.17. The zero-order valence-electron chi connectivity index (χ0n) is 19.4. The van der Waals surface area contributed by atoms with E-state index in [4.69, 9.17) is 5.73 Å². The molecule has 0 radical (unpaired) electrons. The van der Waals surface area contributed by atoms with Gasteiger partial charge in [0.2, 0.25) is 0 Å². The van der Waals surface area contributed by atoms with Crippen LogP contribution in [0.25, 0.3) is 0 Å². The highest BCUT2D eigenvalue weighted by Crippen LogP contribution is 2.25. The molecule has 0 aliphatic carbocycles. The number of carbonyl (C=O) groups excluding carboxylic acids is 1. The van der Waals surface area contributed by atoms with Crippen LogP contribution in [0.1, 0.15) is 40.5 Å². The van der Waals surface area contributed by atoms with Crippen molar-refractivity contribution in [1.29, 1.82) is 0 Å². The summed E-state index contributed by atoms with van der Waals surface area (Å²) in [5, 5.41) is 0. The van der Waals surface area contributed by atoms with Crippen molar-refractivity contribution in [1.82, 2.24) is 14.7 Å². The molecule has 0 aromatic heterocycles. The fourth-order valence-electron chi connectivity index (χ4n) is 3.53. The van der Waals surface area contributed by atoms with Crippen LogP contribution in [0.4, 0.5) is 13.2 Å². The minimum Gasteiger partial charge on any atom is -0.394 e. The number of nitrogens with zero attached hydrogens (tertiary/aromatic N) is 5. The minimum absolute atomic E-state index is 0.0696. The first-order valence-electron chi connectivity index (χ1n) is 10.7.